The second-order valence-electron chi connectivity index (χ2n) is 6.24. The molecule has 1 saturated heterocycles. The van der Waals surface area contributed by atoms with Crippen LogP contribution in [-0.2, 0) is 0 Å². The van der Waals surface area contributed by atoms with Gasteiger partial charge in [0.05, 0.1) is 11.7 Å². The first-order chi connectivity index (χ1) is 11.1. The van der Waals surface area contributed by atoms with E-state index >= 15 is 0 Å². The molecule has 0 radical (unpaired) electrons. The fraction of sp³-hybridized carbons (Fsp3) is 0.444. The first kappa shape index (κ1) is 15.7. The van der Waals surface area contributed by atoms with Gasteiger partial charge in [-0.1, -0.05) is 18.7 Å². The largest absolute Gasteiger partial charge is 0.338 e. The monoisotopic (exact) mass is 311 g/mol. The van der Waals surface area contributed by atoms with Gasteiger partial charge in [-0.05, 0) is 38.5 Å². The Balaban J connectivity index is 2.06. The molecule has 1 atom stereocenters. The van der Waals surface area contributed by atoms with Gasteiger partial charge in [-0.3, -0.25) is 0 Å². The van der Waals surface area contributed by atoms with Crippen LogP contribution in [0, 0.1) is 0 Å². The van der Waals surface area contributed by atoms with Crippen LogP contribution in [0.1, 0.15) is 37.9 Å². The minimum Gasteiger partial charge on any atom is -0.338 e. The van der Waals surface area contributed by atoms with Gasteiger partial charge in [-0.15, -0.1) is 0 Å². The van der Waals surface area contributed by atoms with Crippen LogP contribution in [0.3, 0.4) is 0 Å². The van der Waals surface area contributed by atoms with Crippen molar-refractivity contribution in [2.45, 2.75) is 26.8 Å². The third kappa shape index (κ3) is 3.15. The Labute approximate surface area is 138 Å². The SMILES string of the molecule is C=Cc1ccc2c(c1)C(C)N(N=C(C)C)C(N1CCNCC1)=N2. The van der Waals surface area contributed by atoms with Crippen molar-refractivity contribution in [2.75, 3.05) is 26.2 Å². The maximum Gasteiger partial charge on any atom is 0.223 e. The number of hydrazone groups is 1. The second kappa shape index (κ2) is 6.54. The summed E-state index contributed by atoms with van der Waals surface area (Å²) in [6.45, 7) is 14.0. The van der Waals surface area contributed by atoms with Crippen molar-refractivity contribution < 1.29 is 0 Å². The van der Waals surface area contributed by atoms with E-state index in [-0.39, 0.29) is 6.04 Å². The van der Waals surface area contributed by atoms with E-state index in [1.807, 2.05) is 19.9 Å². The summed E-state index contributed by atoms with van der Waals surface area (Å²) in [5.74, 6) is 0.957. The number of nitrogens with zero attached hydrogens (tertiary/aromatic N) is 4. The Hall–Kier alpha value is -2.14. The number of benzene rings is 1. The minimum absolute atomic E-state index is 0.155. The molecule has 122 valence electrons. The van der Waals surface area contributed by atoms with Crippen LogP contribution in [0.2, 0.25) is 0 Å². The van der Waals surface area contributed by atoms with Crippen molar-refractivity contribution in [3.63, 3.8) is 0 Å². The number of guanidine groups is 1. The molecule has 5 heteroatoms. The van der Waals surface area contributed by atoms with Gasteiger partial charge in [0.15, 0.2) is 0 Å². The van der Waals surface area contributed by atoms with Gasteiger partial charge in [0.25, 0.3) is 0 Å². The standard InChI is InChI=1S/C18H25N5/c1-5-15-6-7-17-16(12-15)14(4)23(21-13(2)3)18(20-17)22-10-8-19-9-11-22/h5-7,12,14,19H,1,8-11H2,2-4H3. The summed E-state index contributed by atoms with van der Waals surface area (Å²) in [5.41, 5.74) is 4.39. The van der Waals surface area contributed by atoms with E-state index in [1.54, 1.807) is 0 Å². The van der Waals surface area contributed by atoms with E-state index in [4.69, 9.17) is 10.1 Å². The van der Waals surface area contributed by atoms with E-state index in [2.05, 4.69) is 46.9 Å². The van der Waals surface area contributed by atoms with Crippen molar-refractivity contribution in [1.82, 2.24) is 15.2 Å². The lowest BCUT2D eigenvalue weighted by Crippen LogP contribution is -2.52. The molecule has 1 N–H and O–H groups in total. The number of hydrogen-bond acceptors (Lipinski definition) is 5. The first-order valence-corrected chi connectivity index (χ1v) is 8.22. The summed E-state index contributed by atoms with van der Waals surface area (Å²) >= 11 is 0. The smallest absolute Gasteiger partial charge is 0.223 e. The minimum atomic E-state index is 0.155. The summed E-state index contributed by atoms with van der Waals surface area (Å²) in [5, 5.41) is 10.2. The van der Waals surface area contributed by atoms with Crippen LogP contribution in [0.25, 0.3) is 6.08 Å². The van der Waals surface area contributed by atoms with Gasteiger partial charge >= 0.3 is 0 Å². The third-order valence-corrected chi connectivity index (χ3v) is 4.24. The molecular formula is C18H25N5. The van der Waals surface area contributed by atoms with E-state index in [9.17, 15) is 0 Å². The summed E-state index contributed by atoms with van der Waals surface area (Å²) in [6, 6.07) is 6.48. The highest BCUT2D eigenvalue weighted by atomic mass is 15.6. The zero-order valence-electron chi connectivity index (χ0n) is 14.2. The summed E-state index contributed by atoms with van der Waals surface area (Å²) in [4.78, 5) is 7.25. The number of rotatable bonds is 2. The molecule has 2 heterocycles. The van der Waals surface area contributed by atoms with Crippen LogP contribution in [0.15, 0.2) is 34.9 Å². The molecule has 2 aliphatic heterocycles. The molecule has 23 heavy (non-hydrogen) atoms. The van der Waals surface area contributed by atoms with E-state index in [1.165, 1.54) is 5.56 Å². The molecule has 1 aromatic rings. The summed E-state index contributed by atoms with van der Waals surface area (Å²) in [6.07, 6.45) is 1.88. The lowest BCUT2D eigenvalue weighted by atomic mass is 10.0. The van der Waals surface area contributed by atoms with Crippen molar-refractivity contribution in [2.24, 2.45) is 10.1 Å². The number of aliphatic imine (C=N–C) groups is 1. The predicted molar refractivity (Wildman–Crippen MR) is 97.1 cm³/mol. The number of fused-ring (bicyclic) bond motifs is 1. The zero-order chi connectivity index (χ0) is 16.4. The van der Waals surface area contributed by atoms with E-state index in [0.717, 1.165) is 49.1 Å². The molecule has 0 aliphatic carbocycles. The lowest BCUT2D eigenvalue weighted by molar-refractivity contribution is 0.258. The third-order valence-electron chi connectivity index (χ3n) is 4.24. The van der Waals surface area contributed by atoms with Crippen molar-refractivity contribution >= 4 is 23.4 Å². The Kier molecular flexibility index (Phi) is 4.48. The quantitative estimate of drug-likeness (QED) is 0.854. The van der Waals surface area contributed by atoms with Crippen molar-refractivity contribution in [3.8, 4) is 0 Å². The molecule has 0 spiro atoms. The molecule has 0 bridgehead atoms. The normalized spacial score (nSPS) is 20.7. The average Bonchev–Trinajstić information content (AvgIpc) is 2.57. The van der Waals surface area contributed by atoms with Crippen LogP contribution in [-0.4, -0.2) is 47.8 Å². The van der Waals surface area contributed by atoms with Gasteiger partial charge in [0.2, 0.25) is 5.96 Å². The second-order valence-corrected chi connectivity index (χ2v) is 6.24. The van der Waals surface area contributed by atoms with E-state index in [0.29, 0.717) is 0 Å². The van der Waals surface area contributed by atoms with Crippen LogP contribution in [0.5, 0.6) is 0 Å². The van der Waals surface area contributed by atoms with Gasteiger partial charge < -0.3 is 10.2 Å². The van der Waals surface area contributed by atoms with Crippen molar-refractivity contribution in [1.29, 1.82) is 0 Å². The van der Waals surface area contributed by atoms with E-state index < -0.39 is 0 Å². The summed E-state index contributed by atoms with van der Waals surface area (Å²) < 4.78 is 0. The molecule has 1 unspecified atom stereocenters. The highest BCUT2D eigenvalue weighted by Gasteiger charge is 2.31. The summed E-state index contributed by atoms with van der Waals surface area (Å²) in [7, 11) is 0. The molecule has 1 fully saturated rings. The lowest BCUT2D eigenvalue weighted by Gasteiger charge is -2.39. The Bertz CT molecular complexity index is 651. The van der Waals surface area contributed by atoms with Crippen LogP contribution < -0.4 is 5.32 Å². The molecule has 0 amide bonds. The molecule has 3 rings (SSSR count). The van der Waals surface area contributed by atoms with Gasteiger partial charge in [-0.2, -0.15) is 5.10 Å². The Morgan fingerprint density at radius 3 is 2.74 bits per heavy atom. The molecule has 2 aliphatic rings. The first-order valence-electron chi connectivity index (χ1n) is 8.22. The highest BCUT2D eigenvalue weighted by Crippen LogP contribution is 2.36. The Morgan fingerprint density at radius 2 is 2.09 bits per heavy atom. The fourth-order valence-corrected chi connectivity index (χ4v) is 3.03. The fourth-order valence-electron chi connectivity index (χ4n) is 3.03. The van der Waals surface area contributed by atoms with Gasteiger partial charge in [0.1, 0.15) is 0 Å². The predicted octanol–water partition coefficient (Wildman–Crippen LogP) is 2.99. The average molecular weight is 311 g/mol. The van der Waals surface area contributed by atoms with Gasteiger partial charge in [-0.25, -0.2) is 10.0 Å². The molecule has 5 nitrogen and oxygen atoms in total. The molecule has 0 saturated carbocycles. The molecule has 0 aromatic heterocycles. The molecule has 1 aromatic carbocycles. The number of hydrogen-bond donors (Lipinski definition) is 1. The zero-order valence-corrected chi connectivity index (χ0v) is 14.2. The maximum absolute atomic E-state index is 4.93. The molecular weight excluding hydrogens is 286 g/mol. The number of piperazine rings is 1. The topological polar surface area (TPSA) is 43.2 Å². The Morgan fingerprint density at radius 1 is 1.35 bits per heavy atom. The number of nitrogens with one attached hydrogen (secondary N) is 1. The van der Waals surface area contributed by atoms with Crippen LogP contribution >= 0.6 is 0 Å². The van der Waals surface area contributed by atoms with Crippen LogP contribution in [0.4, 0.5) is 5.69 Å². The highest BCUT2D eigenvalue weighted by molar-refractivity contribution is 5.88. The van der Waals surface area contributed by atoms with Gasteiger partial charge in [0, 0.05) is 37.5 Å². The maximum atomic E-state index is 4.93. The van der Waals surface area contributed by atoms with Crippen molar-refractivity contribution in [3.05, 3.63) is 35.9 Å².